The van der Waals surface area contributed by atoms with Crippen LogP contribution < -0.4 is 25.4 Å². The summed E-state index contributed by atoms with van der Waals surface area (Å²) >= 11 is 0. The van der Waals surface area contributed by atoms with E-state index in [9.17, 15) is 24.3 Å². The molecular formula is C39H50N8O8. The Morgan fingerprint density at radius 1 is 0.982 bits per heavy atom. The van der Waals surface area contributed by atoms with Crippen LogP contribution in [0.3, 0.4) is 0 Å². The fourth-order valence-electron chi connectivity index (χ4n) is 6.26. The molecule has 4 amide bonds. The smallest absolute Gasteiger partial charge is 0.259 e. The van der Waals surface area contributed by atoms with Crippen molar-refractivity contribution in [1.29, 1.82) is 0 Å². The predicted molar refractivity (Wildman–Crippen MR) is 201 cm³/mol. The van der Waals surface area contributed by atoms with Gasteiger partial charge in [-0.15, -0.1) is 5.10 Å². The Bertz CT molecular complexity index is 1930. The van der Waals surface area contributed by atoms with Gasteiger partial charge in [0.2, 0.25) is 11.8 Å². The van der Waals surface area contributed by atoms with E-state index in [1.807, 2.05) is 44.2 Å². The molecule has 3 heterocycles. The summed E-state index contributed by atoms with van der Waals surface area (Å²) < 4.78 is 18.7. The fraction of sp³-hybridized carbons (Fsp3) is 0.462. The van der Waals surface area contributed by atoms with Crippen LogP contribution in [0.2, 0.25) is 0 Å². The lowest BCUT2D eigenvalue weighted by Gasteiger charge is -2.26. The number of nitrogens with one attached hydrogen (secondary N) is 3. The highest BCUT2D eigenvalue weighted by Crippen LogP contribution is 2.29. The first-order chi connectivity index (χ1) is 26.4. The van der Waals surface area contributed by atoms with Gasteiger partial charge in [-0.05, 0) is 63.6 Å². The quantitative estimate of drug-likeness (QED) is 0.225. The van der Waals surface area contributed by atoms with Crippen molar-refractivity contribution in [3.8, 4) is 22.8 Å². The summed E-state index contributed by atoms with van der Waals surface area (Å²) in [7, 11) is 1.48. The van der Waals surface area contributed by atoms with Crippen LogP contribution in [-0.4, -0.2) is 98.7 Å². The van der Waals surface area contributed by atoms with Crippen molar-refractivity contribution < 1.29 is 38.3 Å². The lowest BCUT2D eigenvalue weighted by atomic mass is 10.0. The summed E-state index contributed by atoms with van der Waals surface area (Å²) in [6.45, 7) is 8.42. The number of benzene rings is 2. The number of aromatic nitrogens is 4. The Balaban J connectivity index is 1.40. The monoisotopic (exact) mass is 758 g/mol. The van der Waals surface area contributed by atoms with E-state index in [4.69, 9.17) is 14.0 Å². The largest absolute Gasteiger partial charge is 0.493 e. The maximum Gasteiger partial charge on any atom is 0.259 e. The first kappa shape index (κ1) is 40.4. The number of ether oxygens (including phenoxy) is 2. The molecule has 294 valence electrons. The maximum absolute atomic E-state index is 14.1. The Kier molecular flexibility index (Phi) is 14.0. The molecule has 0 spiro atoms. The summed E-state index contributed by atoms with van der Waals surface area (Å²) in [5, 5.41) is 31.4. The van der Waals surface area contributed by atoms with Crippen LogP contribution in [0.1, 0.15) is 78.6 Å². The number of nitrogens with zero attached hydrogens (tertiary/aromatic N) is 5. The number of fused-ring (bicyclic) bond motifs is 4. The number of hydrogen-bond acceptors (Lipinski definition) is 11. The molecule has 0 fully saturated rings. The average molecular weight is 759 g/mol. The zero-order valence-electron chi connectivity index (χ0n) is 31.9. The number of carbonyl (C=O) groups is 4. The molecule has 0 saturated carbocycles. The molecule has 16 nitrogen and oxygen atoms in total. The van der Waals surface area contributed by atoms with Gasteiger partial charge in [-0.25, -0.2) is 0 Å². The molecule has 0 unspecified atom stereocenters. The minimum Gasteiger partial charge on any atom is -0.493 e. The highest BCUT2D eigenvalue weighted by atomic mass is 16.5. The van der Waals surface area contributed by atoms with Crippen LogP contribution in [0.5, 0.6) is 11.5 Å². The molecular weight excluding hydrogens is 708 g/mol. The SMILES string of the molecule is COc1ccc2cc1OCc1cn(nn1)CCCN(C(=O)c1c(-c3ccccc3)noc1C)CCCCNC(=O)[C@H]([C@@H](C)O)NC(=O)[C@@H](CC(C)C)NC2=O. The molecule has 16 heteroatoms. The molecule has 4 aromatic rings. The minimum absolute atomic E-state index is 0.00922. The lowest BCUT2D eigenvalue weighted by molar-refractivity contribution is -0.132. The van der Waals surface area contributed by atoms with E-state index in [0.29, 0.717) is 67.4 Å². The Morgan fingerprint density at radius 2 is 1.75 bits per heavy atom. The molecule has 5 rings (SSSR count). The van der Waals surface area contributed by atoms with Gasteiger partial charge in [0.05, 0.1) is 19.4 Å². The number of methoxy groups -OCH3 is 1. The molecule has 2 aromatic heterocycles. The van der Waals surface area contributed by atoms with Crippen LogP contribution in [0.15, 0.2) is 59.3 Å². The van der Waals surface area contributed by atoms with Gasteiger partial charge in [-0.2, -0.15) is 0 Å². The number of carbonyl (C=O) groups excluding carboxylic acids is 4. The number of amides is 4. The van der Waals surface area contributed by atoms with Crippen molar-refractivity contribution in [2.45, 2.75) is 84.7 Å². The zero-order valence-corrected chi connectivity index (χ0v) is 31.9. The maximum atomic E-state index is 14.1. The highest BCUT2D eigenvalue weighted by Gasteiger charge is 2.31. The van der Waals surface area contributed by atoms with Gasteiger partial charge in [0.15, 0.2) is 11.5 Å². The first-order valence-corrected chi connectivity index (χ1v) is 18.5. The first-order valence-electron chi connectivity index (χ1n) is 18.5. The number of aliphatic hydroxyl groups excluding tert-OH is 1. The molecule has 4 N–H and O–H groups in total. The van der Waals surface area contributed by atoms with Crippen molar-refractivity contribution in [1.82, 2.24) is 41.0 Å². The lowest BCUT2D eigenvalue weighted by Crippen LogP contribution is -2.57. The predicted octanol–water partition coefficient (Wildman–Crippen LogP) is 3.28. The molecule has 1 aliphatic rings. The molecule has 0 radical (unpaired) electrons. The van der Waals surface area contributed by atoms with Crippen LogP contribution in [0.4, 0.5) is 0 Å². The second kappa shape index (κ2) is 19.0. The van der Waals surface area contributed by atoms with Gasteiger partial charge in [0.1, 0.15) is 41.4 Å². The van der Waals surface area contributed by atoms with Crippen molar-refractivity contribution >= 4 is 23.6 Å². The molecule has 0 aliphatic carbocycles. The van der Waals surface area contributed by atoms with Crippen molar-refractivity contribution in [2.24, 2.45) is 5.92 Å². The minimum atomic E-state index is -1.27. The van der Waals surface area contributed by atoms with Crippen LogP contribution in [0.25, 0.3) is 11.3 Å². The van der Waals surface area contributed by atoms with E-state index in [-0.39, 0.29) is 42.7 Å². The molecule has 3 atom stereocenters. The van der Waals surface area contributed by atoms with E-state index in [0.717, 1.165) is 5.56 Å². The molecule has 0 saturated heterocycles. The van der Waals surface area contributed by atoms with Gasteiger partial charge >= 0.3 is 0 Å². The molecule has 1 aliphatic heterocycles. The van der Waals surface area contributed by atoms with Gasteiger partial charge in [0.25, 0.3) is 11.8 Å². The number of rotatable bonds is 6. The van der Waals surface area contributed by atoms with E-state index in [1.54, 1.807) is 34.8 Å². The van der Waals surface area contributed by atoms with Gasteiger partial charge < -0.3 is 40.0 Å². The van der Waals surface area contributed by atoms with Gasteiger partial charge in [-0.1, -0.05) is 54.5 Å². The molecule has 4 bridgehead atoms. The normalized spacial score (nSPS) is 18.7. The van der Waals surface area contributed by atoms with Crippen LogP contribution in [-0.2, 0) is 22.7 Å². The van der Waals surface area contributed by atoms with Gasteiger partial charge in [-0.3, -0.25) is 23.9 Å². The van der Waals surface area contributed by atoms with E-state index >= 15 is 0 Å². The third kappa shape index (κ3) is 10.7. The van der Waals surface area contributed by atoms with Crippen LogP contribution in [0, 0.1) is 12.8 Å². The number of aryl methyl sites for hydroxylation is 2. The average Bonchev–Trinajstić information content (AvgIpc) is 3.79. The second-order valence-corrected chi connectivity index (χ2v) is 14.0. The third-order valence-electron chi connectivity index (χ3n) is 9.16. The van der Waals surface area contributed by atoms with E-state index < -0.39 is 35.9 Å². The van der Waals surface area contributed by atoms with Crippen molar-refractivity contribution in [3.05, 3.63) is 77.3 Å². The summed E-state index contributed by atoms with van der Waals surface area (Å²) in [6.07, 6.45) is 2.40. The summed E-state index contributed by atoms with van der Waals surface area (Å²) in [5.41, 5.74) is 2.36. The Labute approximate surface area is 319 Å². The topological polar surface area (TPSA) is 203 Å². The van der Waals surface area contributed by atoms with Gasteiger partial charge in [0, 0.05) is 37.3 Å². The summed E-state index contributed by atoms with van der Waals surface area (Å²) in [6, 6.07) is 11.7. The van der Waals surface area contributed by atoms with E-state index in [2.05, 4.69) is 31.4 Å². The zero-order chi connectivity index (χ0) is 39.5. The number of aliphatic hydroxyl groups is 1. The van der Waals surface area contributed by atoms with E-state index in [1.165, 1.54) is 20.1 Å². The van der Waals surface area contributed by atoms with Crippen LogP contribution >= 0.6 is 0 Å². The third-order valence-corrected chi connectivity index (χ3v) is 9.16. The summed E-state index contributed by atoms with van der Waals surface area (Å²) in [4.78, 5) is 56.2. The highest BCUT2D eigenvalue weighted by molar-refractivity contribution is 6.01. The fourth-order valence-corrected chi connectivity index (χ4v) is 6.26. The molecule has 55 heavy (non-hydrogen) atoms. The second-order valence-electron chi connectivity index (χ2n) is 14.0. The number of hydrogen-bond donors (Lipinski definition) is 4. The Hall–Kier alpha value is -5.77. The molecule has 2 aromatic carbocycles. The van der Waals surface area contributed by atoms with Crippen molar-refractivity contribution in [3.63, 3.8) is 0 Å². The summed E-state index contributed by atoms with van der Waals surface area (Å²) in [5.74, 6) is -0.864. The standard InChI is InChI=1S/C39H50N8O8/c1-24(2)20-30-37(50)42-34(25(3)48)38(51)40-16-9-10-17-46(39(52)33-26(4)55-44-35(33)27-12-7-6-8-13-27)18-11-19-47-22-29(43-45-47)23-54-32-21-28(36(49)41-30)14-15-31(32)53-5/h6-8,12-15,21-22,24-25,30,34,48H,9-11,16-20,23H2,1-5H3,(H,40,51)(H,41,49)(H,42,50)/t25-,30-,34+/m1/s1. The Morgan fingerprint density at radius 3 is 2.47 bits per heavy atom. The van der Waals surface area contributed by atoms with Crippen molar-refractivity contribution in [2.75, 3.05) is 26.7 Å².